The highest BCUT2D eigenvalue weighted by atomic mass is 19.1. The average molecular weight is 481 g/mol. The zero-order valence-electron chi connectivity index (χ0n) is 18.6. The number of rotatable bonds is 5. The molecule has 0 aliphatic carbocycles. The van der Waals surface area contributed by atoms with E-state index in [9.17, 15) is 28.4 Å². The number of carbonyl (C=O) groups is 5. The summed E-state index contributed by atoms with van der Waals surface area (Å²) in [4.78, 5) is 65.4. The lowest BCUT2D eigenvalue weighted by atomic mass is 9.76. The molecule has 11 heteroatoms. The van der Waals surface area contributed by atoms with Crippen molar-refractivity contribution in [1.29, 1.82) is 0 Å². The van der Waals surface area contributed by atoms with Crippen molar-refractivity contribution < 1.29 is 38.4 Å². The van der Waals surface area contributed by atoms with Crippen LogP contribution in [0.4, 0.5) is 15.8 Å². The second kappa shape index (κ2) is 7.98. The molecular formula is C24H22FN4O6+. The van der Waals surface area contributed by atoms with Crippen molar-refractivity contribution in [3.8, 4) is 0 Å². The number of nitrogens with two attached hydrogens (primary N) is 2. The molecule has 5 rings (SSSR count). The van der Waals surface area contributed by atoms with Gasteiger partial charge in [-0.2, -0.15) is 0 Å². The molecule has 0 radical (unpaired) electrons. The number of primary amides is 1. The summed E-state index contributed by atoms with van der Waals surface area (Å²) >= 11 is 0. The number of hydrogen-bond acceptors (Lipinski definition) is 6. The minimum Gasteiger partial charge on any atom is -0.462 e. The predicted octanol–water partition coefficient (Wildman–Crippen LogP) is -0.223. The van der Waals surface area contributed by atoms with Gasteiger partial charge in [0.05, 0.1) is 30.0 Å². The van der Waals surface area contributed by atoms with Crippen LogP contribution in [0.5, 0.6) is 0 Å². The molecule has 0 aromatic heterocycles. The second-order valence-corrected chi connectivity index (χ2v) is 8.80. The van der Waals surface area contributed by atoms with Crippen LogP contribution < -0.4 is 21.3 Å². The lowest BCUT2D eigenvalue weighted by Crippen LogP contribution is -2.99. The van der Waals surface area contributed by atoms with E-state index < -0.39 is 58.8 Å². The van der Waals surface area contributed by atoms with Gasteiger partial charge in [-0.1, -0.05) is 0 Å². The number of benzene rings is 2. The molecule has 0 unspecified atom stereocenters. The first-order valence-electron chi connectivity index (χ1n) is 11.1. The third-order valence-electron chi connectivity index (χ3n) is 6.90. The predicted molar refractivity (Wildman–Crippen MR) is 118 cm³/mol. The van der Waals surface area contributed by atoms with Crippen molar-refractivity contribution >= 4 is 41.0 Å². The quantitative estimate of drug-likeness (QED) is 0.396. The zero-order valence-corrected chi connectivity index (χ0v) is 18.6. The molecular weight excluding hydrogens is 459 g/mol. The largest absolute Gasteiger partial charge is 0.462 e. The van der Waals surface area contributed by atoms with Gasteiger partial charge < -0.3 is 21.1 Å². The van der Waals surface area contributed by atoms with Crippen LogP contribution in [0.1, 0.15) is 29.3 Å². The Labute approximate surface area is 198 Å². The minimum absolute atomic E-state index is 0.191. The molecule has 4 amide bonds. The SMILES string of the molecule is CCOC(=O)c1ccc(N2C(=O)[C@H]3[C@@H](CC(N)=O)[NH2+][C@@]4(C(=O)Nc5ccc(F)cc54)[C@H]3C2=O)cc1. The van der Waals surface area contributed by atoms with E-state index in [2.05, 4.69) is 5.32 Å². The van der Waals surface area contributed by atoms with Gasteiger partial charge in [0.15, 0.2) is 0 Å². The van der Waals surface area contributed by atoms with E-state index in [1.807, 2.05) is 0 Å². The molecule has 10 nitrogen and oxygen atoms in total. The first-order chi connectivity index (χ1) is 16.7. The molecule has 4 atom stereocenters. The van der Waals surface area contributed by atoms with Crippen LogP contribution in [0, 0.1) is 17.7 Å². The van der Waals surface area contributed by atoms with E-state index in [0.717, 1.165) is 4.90 Å². The van der Waals surface area contributed by atoms with Crippen molar-refractivity contribution in [3.63, 3.8) is 0 Å². The van der Waals surface area contributed by atoms with E-state index in [1.165, 1.54) is 47.8 Å². The summed E-state index contributed by atoms with van der Waals surface area (Å²) in [7, 11) is 0. The first kappa shape index (κ1) is 22.7. The van der Waals surface area contributed by atoms with E-state index in [-0.39, 0.29) is 29.8 Å². The maximum atomic E-state index is 14.2. The van der Waals surface area contributed by atoms with Crippen LogP contribution in [0.25, 0.3) is 0 Å². The summed E-state index contributed by atoms with van der Waals surface area (Å²) in [5.41, 5.74) is 4.81. The number of nitrogens with zero attached hydrogens (tertiary/aromatic N) is 1. The Morgan fingerprint density at radius 2 is 1.86 bits per heavy atom. The maximum Gasteiger partial charge on any atom is 0.338 e. The van der Waals surface area contributed by atoms with Crippen LogP contribution in [-0.2, 0) is 29.5 Å². The van der Waals surface area contributed by atoms with Gasteiger partial charge >= 0.3 is 5.97 Å². The van der Waals surface area contributed by atoms with Crippen molar-refractivity contribution in [2.75, 3.05) is 16.8 Å². The monoisotopic (exact) mass is 481 g/mol. The number of halogens is 1. The highest BCUT2D eigenvalue weighted by Gasteiger charge is 2.74. The number of quaternary nitrogens is 1. The fourth-order valence-electron chi connectivity index (χ4n) is 5.57. The number of fused-ring (bicyclic) bond motifs is 4. The summed E-state index contributed by atoms with van der Waals surface area (Å²) in [5.74, 6) is -5.90. The van der Waals surface area contributed by atoms with Gasteiger partial charge in [0.2, 0.25) is 23.3 Å². The molecule has 3 heterocycles. The summed E-state index contributed by atoms with van der Waals surface area (Å²) in [6.45, 7) is 1.86. The number of anilines is 2. The Kier molecular flexibility index (Phi) is 5.17. The van der Waals surface area contributed by atoms with Gasteiger partial charge in [-0.15, -0.1) is 0 Å². The van der Waals surface area contributed by atoms with E-state index >= 15 is 0 Å². The fourth-order valence-corrected chi connectivity index (χ4v) is 5.57. The second-order valence-electron chi connectivity index (χ2n) is 8.80. The smallest absolute Gasteiger partial charge is 0.338 e. The molecule has 5 N–H and O–H groups in total. The third kappa shape index (κ3) is 3.22. The van der Waals surface area contributed by atoms with Gasteiger partial charge in [0.1, 0.15) is 23.7 Å². The third-order valence-corrected chi connectivity index (χ3v) is 6.90. The summed E-state index contributed by atoms with van der Waals surface area (Å²) in [6.07, 6.45) is -0.254. The molecule has 2 fully saturated rings. The van der Waals surface area contributed by atoms with Crippen molar-refractivity contribution in [3.05, 3.63) is 59.4 Å². The fraction of sp³-hybridized carbons (Fsp3) is 0.292. The number of ether oxygens (including phenoxy) is 1. The van der Waals surface area contributed by atoms with Crippen molar-refractivity contribution in [2.45, 2.75) is 24.9 Å². The molecule has 0 saturated carbocycles. The number of esters is 1. The highest BCUT2D eigenvalue weighted by Crippen LogP contribution is 2.50. The zero-order chi connectivity index (χ0) is 25.1. The van der Waals surface area contributed by atoms with Crippen molar-refractivity contribution in [2.24, 2.45) is 17.6 Å². The maximum absolute atomic E-state index is 14.2. The lowest BCUT2D eigenvalue weighted by molar-refractivity contribution is -0.732. The summed E-state index contributed by atoms with van der Waals surface area (Å²) in [6, 6.07) is 8.67. The number of hydrogen-bond donors (Lipinski definition) is 3. The summed E-state index contributed by atoms with van der Waals surface area (Å²) < 4.78 is 19.2. The Morgan fingerprint density at radius 3 is 2.51 bits per heavy atom. The van der Waals surface area contributed by atoms with Crippen LogP contribution in [0.2, 0.25) is 0 Å². The van der Waals surface area contributed by atoms with Gasteiger partial charge in [-0.25, -0.2) is 14.1 Å². The number of amides is 4. The Balaban J connectivity index is 1.59. The van der Waals surface area contributed by atoms with Crippen molar-refractivity contribution in [1.82, 2.24) is 0 Å². The van der Waals surface area contributed by atoms with Gasteiger partial charge in [-0.3, -0.25) is 19.2 Å². The number of imide groups is 1. The molecule has 1 spiro atoms. The normalized spacial score (nSPS) is 26.6. The standard InChI is InChI=1S/C24H21FN4O6/c1-2-35-22(33)11-3-6-13(7-4-11)29-20(31)18-16(10-17(26)30)28-24(19(18)21(29)32)14-9-12(25)5-8-15(14)27-23(24)34/h3-9,16,18-19,28H,2,10H2,1H3,(H2,26,30)(H,27,34)/p+1/t16-,18+,19-,24-/m1/s1. The Hall–Kier alpha value is -4.12. The van der Waals surface area contributed by atoms with Gasteiger partial charge in [0, 0.05) is 5.56 Å². The van der Waals surface area contributed by atoms with Crippen LogP contribution in [-0.4, -0.2) is 42.2 Å². The van der Waals surface area contributed by atoms with E-state index in [0.29, 0.717) is 5.69 Å². The Bertz CT molecular complexity index is 1300. The van der Waals surface area contributed by atoms with E-state index in [4.69, 9.17) is 10.5 Å². The average Bonchev–Trinajstić information content (AvgIpc) is 3.38. The molecule has 35 heavy (non-hydrogen) atoms. The Morgan fingerprint density at radius 1 is 1.14 bits per heavy atom. The molecule has 2 aromatic carbocycles. The van der Waals surface area contributed by atoms with Crippen LogP contribution >= 0.6 is 0 Å². The first-order valence-corrected chi connectivity index (χ1v) is 11.1. The minimum atomic E-state index is -1.63. The number of nitrogens with one attached hydrogen (secondary N) is 1. The lowest BCUT2D eigenvalue weighted by Gasteiger charge is -2.26. The molecule has 2 aromatic rings. The topological polar surface area (TPSA) is 152 Å². The van der Waals surface area contributed by atoms with Gasteiger partial charge in [-0.05, 0) is 49.4 Å². The molecule has 3 aliphatic heterocycles. The highest BCUT2D eigenvalue weighted by molar-refractivity contribution is 6.25. The van der Waals surface area contributed by atoms with E-state index in [1.54, 1.807) is 6.92 Å². The number of carbonyl (C=O) groups excluding carboxylic acids is 5. The molecule has 2 saturated heterocycles. The molecule has 180 valence electrons. The molecule has 0 bridgehead atoms. The molecule has 3 aliphatic rings. The van der Waals surface area contributed by atoms with Crippen LogP contribution in [0.3, 0.4) is 0 Å². The van der Waals surface area contributed by atoms with Crippen LogP contribution in [0.15, 0.2) is 42.5 Å². The summed E-state index contributed by atoms with van der Waals surface area (Å²) in [5, 5.41) is 4.18. The van der Waals surface area contributed by atoms with Gasteiger partial charge in [0.25, 0.3) is 5.91 Å².